The minimum Gasteiger partial charge on any atom is -0.326 e. The van der Waals surface area contributed by atoms with Crippen molar-refractivity contribution in [1.29, 1.82) is 5.26 Å². The van der Waals surface area contributed by atoms with Crippen LogP contribution in [0, 0.1) is 31.0 Å². The van der Waals surface area contributed by atoms with E-state index < -0.39 is 6.04 Å². The summed E-state index contributed by atoms with van der Waals surface area (Å²) >= 11 is 0. The summed E-state index contributed by atoms with van der Waals surface area (Å²) in [6.07, 6.45) is 0. The first-order valence-electron chi connectivity index (χ1n) is 6.99. The minimum atomic E-state index is -0.524. The Morgan fingerprint density at radius 1 is 1.36 bits per heavy atom. The van der Waals surface area contributed by atoms with Crippen LogP contribution in [0.5, 0.6) is 0 Å². The van der Waals surface area contributed by atoms with Gasteiger partial charge in [0.1, 0.15) is 11.9 Å². The first-order valence-corrected chi connectivity index (χ1v) is 6.99. The molecule has 0 saturated heterocycles. The number of amides is 1. The van der Waals surface area contributed by atoms with Crippen LogP contribution in [0.3, 0.4) is 0 Å². The first kappa shape index (κ1) is 15.8. The van der Waals surface area contributed by atoms with E-state index in [0.717, 1.165) is 5.69 Å². The van der Waals surface area contributed by atoms with Crippen molar-refractivity contribution in [2.45, 2.75) is 26.8 Å². The van der Waals surface area contributed by atoms with Crippen molar-refractivity contribution in [2.24, 2.45) is 0 Å². The van der Waals surface area contributed by atoms with E-state index >= 15 is 0 Å². The highest BCUT2D eigenvalue weighted by molar-refractivity contribution is 5.96. The molecule has 0 aliphatic carbocycles. The van der Waals surface area contributed by atoms with Crippen molar-refractivity contribution in [1.82, 2.24) is 9.47 Å². The van der Waals surface area contributed by atoms with E-state index in [2.05, 4.69) is 0 Å². The molecule has 0 spiro atoms. The highest BCUT2D eigenvalue weighted by Crippen LogP contribution is 2.23. The largest absolute Gasteiger partial charge is 0.326 e. The summed E-state index contributed by atoms with van der Waals surface area (Å²) in [6, 6.07) is 9.68. The lowest BCUT2D eigenvalue weighted by molar-refractivity contribution is 0.0772. The second-order valence-electron chi connectivity index (χ2n) is 5.29. The number of aromatic nitrogens is 1. The fourth-order valence-electron chi connectivity index (χ4n) is 2.44. The number of nitriles is 1. The fraction of sp³-hybridized carbons (Fsp3) is 0.294. The molecule has 0 bridgehead atoms. The number of hydrogen-bond acceptors (Lipinski definition) is 2. The summed E-state index contributed by atoms with van der Waals surface area (Å²) < 4.78 is 15.7. The Balaban J connectivity index is 2.51. The second-order valence-corrected chi connectivity index (χ2v) is 5.29. The zero-order chi connectivity index (χ0) is 16.4. The average Bonchev–Trinajstić information content (AvgIpc) is 2.80. The number of benzene rings is 1. The summed E-state index contributed by atoms with van der Waals surface area (Å²) in [5.74, 6) is -0.591. The summed E-state index contributed by atoms with van der Waals surface area (Å²) in [5, 5.41) is 8.95. The van der Waals surface area contributed by atoms with Crippen LogP contribution in [0.15, 0.2) is 30.3 Å². The molecule has 1 heterocycles. The summed E-state index contributed by atoms with van der Waals surface area (Å²) in [4.78, 5) is 13.9. The smallest absolute Gasteiger partial charge is 0.256 e. The molecule has 0 aliphatic rings. The molecule has 22 heavy (non-hydrogen) atoms. The maximum Gasteiger partial charge on any atom is 0.256 e. The molecule has 1 aromatic carbocycles. The normalized spacial score (nSPS) is 11.8. The monoisotopic (exact) mass is 299 g/mol. The Labute approximate surface area is 129 Å². The lowest BCUT2D eigenvalue weighted by Gasteiger charge is -2.19. The highest BCUT2D eigenvalue weighted by atomic mass is 19.1. The molecule has 1 amide bonds. The molecule has 0 N–H and O–H groups in total. The molecule has 1 atom stereocenters. The van der Waals surface area contributed by atoms with E-state index in [-0.39, 0.29) is 11.7 Å². The first-order chi connectivity index (χ1) is 10.4. The maximum absolute atomic E-state index is 14.0. The van der Waals surface area contributed by atoms with Crippen LogP contribution in [0.4, 0.5) is 4.39 Å². The Hall–Kier alpha value is -2.61. The average molecular weight is 299 g/mol. The van der Waals surface area contributed by atoms with Gasteiger partial charge in [0.15, 0.2) is 0 Å². The molecular weight excluding hydrogens is 281 g/mol. The van der Waals surface area contributed by atoms with Crippen LogP contribution in [-0.4, -0.2) is 28.5 Å². The number of carbonyl (C=O) groups is 1. The lowest BCUT2D eigenvalue weighted by Crippen LogP contribution is -2.34. The number of hydrogen-bond donors (Lipinski definition) is 0. The fourth-order valence-corrected chi connectivity index (χ4v) is 2.44. The van der Waals surface area contributed by atoms with Gasteiger partial charge < -0.3 is 9.47 Å². The van der Waals surface area contributed by atoms with Crippen LogP contribution in [0.2, 0.25) is 0 Å². The van der Waals surface area contributed by atoms with Crippen molar-refractivity contribution in [3.05, 3.63) is 53.1 Å². The minimum absolute atomic E-state index is 0.246. The SMILES string of the molecule is Cc1cc(C(=O)N(C)C(C)C#N)c(C)n1-c1ccccc1F. The summed E-state index contributed by atoms with van der Waals surface area (Å²) in [5.41, 5.74) is 2.31. The van der Waals surface area contributed by atoms with Gasteiger partial charge in [-0.3, -0.25) is 4.79 Å². The number of rotatable bonds is 3. The molecule has 1 unspecified atom stereocenters. The van der Waals surface area contributed by atoms with Gasteiger partial charge in [0.25, 0.3) is 5.91 Å². The molecule has 2 rings (SSSR count). The van der Waals surface area contributed by atoms with Gasteiger partial charge in [-0.1, -0.05) is 12.1 Å². The van der Waals surface area contributed by atoms with Crippen molar-refractivity contribution in [3.8, 4) is 11.8 Å². The van der Waals surface area contributed by atoms with Crippen molar-refractivity contribution in [3.63, 3.8) is 0 Å². The third-order valence-electron chi connectivity index (χ3n) is 3.84. The zero-order valence-corrected chi connectivity index (χ0v) is 13.1. The van der Waals surface area contributed by atoms with Crippen molar-refractivity contribution < 1.29 is 9.18 Å². The molecule has 1 aromatic heterocycles. The van der Waals surface area contributed by atoms with Gasteiger partial charge >= 0.3 is 0 Å². The Morgan fingerprint density at radius 2 is 2.00 bits per heavy atom. The lowest BCUT2D eigenvalue weighted by atomic mass is 10.2. The van der Waals surface area contributed by atoms with E-state index in [1.165, 1.54) is 11.0 Å². The number of aryl methyl sites for hydroxylation is 1. The van der Waals surface area contributed by atoms with Gasteiger partial charge in [-0.2, -0.15) is 5.26 Å². The zero-order valence-electron chi connectivity index (χ0n) is 13.1. The highest BCUT2D eigenvalue weighted by Gasteiger charge is 2.23. The Morgan fingerprint density at radius 3 is 2.59 bits per heavy atom. The van der Waals surface area contributed by atoms with E-state index in [1.807, 2.05) is 13.0 Å². The molecule has 2 aromatic rings. The maximum atomic E-state index is 14.0. The quantitative estimate of drug-likeness (QED) is 0.873. The van der Waals surface area contributed by atoms with E-state index in [1.54, 1.807) is 49.7 Å². The Bertz CT molecular complexity index is 758. The van der Waals surface area contributed by atoms with Gasteiger partial charge in [-0.05, 0) is 39.0 Å². The standard InChI is InChI=1S/C17H18FN3O/c1-11-9-14(17(22)20(4)12(2)10-19)13(3)21(11)16-8-6-5-7-15(16)18/h5-9,12H,1-4H3. The van der Waals surface area contributed by atoms with E-state index in [0.29, 0.717) is 16.9 Å². The summed E-state index contributed by atoms with van der Waals surface area (Å²) in [7, 11) is 1.59. The van der Waals surface area contributed by atoms with Crippen LogP contribution < -0.4 is 0 Å². The second kappa shape index (κ2) is 6.02. The van der Waals surface area contributed by atoms with Gasteiger partial charge in [-0.25, -0.2) is 4.39 Å². The van der Waals surface area contributed by atoms with E-state index in [4.69, 9.17) is 5.26 Å². The van der Waals surface area contributed by atoms with Crippen LogP contribution in [-0.2, 0) is 0 Å². The number of carbonyl (C=O) groups excluding carboxylic acids is 1. The third kappa shape index (κ3) is 2.60. The molecule has 5 heteroatoms. The molecule has 0 saturated carbocycles. The van der Waals surface area contributed by atoms with E-state index in [9.17, 15) is 9.18 Å². The molecule has 114 valence electrons. The molecule has 0 aliphatic heterocycles. The Kier molecular flexibility index (Phi) is 4.32. The van der Waals surface area contributed by atoms with Gasteiger partial charge in [0, 0.05) is 18.4 Å². The molecule has 0 fully saturated rings. The topological polar surface area (TPSA) is 49.0 Å². The number of nitrogens with zero attached hydrogens (tertiary/aromatic N) is 3. The molecular formula is C17H18FN3O. The van der Waals surface area contributed by atoms with Crippen LogP contribution in [0.25, 0.3) is 5.69 Å². The molecule has 4 nitrogen and oxygen atoms in total. The number of halogens is 1. The predicted octanol–water partition coefficient (Wildman–Crippen LogP) is 3.22. The van der Waals surface area contributed by atoms with Gasteiger partial charge in [0.05, 0.1) is 17.3 Å². The predicted molar refractivity (Wildman–Crippen MR) is 82.4 cm³/mol. The van der Waals surface area contributed by atoms with Crippen molar-refractivity contribution in [2.75, 3.05) is 7.05 Å². The van der Waals surface area contributed by atoms with Crippen LogP contribution >= 0.6 is 0 Å². The van der Waals surface area contributed by atoms with Crippen LogP contribution in [0.1, 0.15) is 28.7 Å². The van der Waals surface area contributed by atoms with Crippen molar-refractivity contribution >= 4 is 5.91 Å². The van der Waals surface area contributed by atoms with Gasteiger partial charge in [0.2, 0.25) is 0 Å². The summed E-state index contributed by atoms with van der Waals surface area (Å²) in [6.45, 7) is 5.26. The number of para-hydroxylation sites is 1. The van der Waals surface area contributed by atoms with Gasteiger partial charge in [-0.15, -0.1) is 0 Å². The molecule has 0 radical (unpaired) electrons. The third-order valence-corrected chi connectivity index (χ3v) is 3.84.